The van der Waals surface area contributed by atoms with Gasteiger partial charge >= 0.3 is 17.9 Å². The van der Waals surface area contributed by atoms with E-state index in [1.54, 1.807) is 27.2 Å². The van der Waals surface area contributed by atoms with E-state index < -0.39 is 30.1 Å². The van der Waals surface area contributed by atoms with Crippen molar-refractivity contribution in [1.82, 2.24) is 4.90 Å². The first kappa shape index (κ1) is 31.9. The van der Waals surface area contributed by atoms with Gasteiger partial charge in [0.15, 0.2) is 11.5 Å². The number of methoxy groups -OCH3 is 4. The van der Waals surface area contributed by atoms with E-state index in [2.05, 4.69) is 16.3 Å². The number of hydrogen-bond acceptors (Lipinski definition) is 11. The third kappa shape index (κ3) is 5.71. The zero-order chi connectivity index (χ0) is 32.7. The number of carbonyl (C=O) groups is 3. The summed E-state index contributed by atoms with van der Waals surface area (Å²) in [6, 6.07) is 9.47. The van der Waals surface area contributed by atoms with Crippen LogP contribution in [0, 0.1) is 24.7 Å². The van der Waals surface area contributed by atoms with E-state index in [4.69, 9.17) is 28.4 Å². The van der Waals surface area contributed by atoms with Crippen LogP contribution in [0.25, 0.3) is 5.57 Å². The number of benzene rings is 2. The molecule has 246 valence electrons. The van der Waals surface area contributed by atoms with Gasteiger partial charge in [-0.2, -0.15) is 0 Å². The highest BCUT2D eigenvalue weighted by molar-refractivity contribution is 5.91. The van der Waals surface area contributed by atoms with Crippen molar-refractivity contribution in [2.75, 3.05) is 53.4 Å². The summed E-state index contributed by atoms with van der Waals surface area (Å²) in [4.78, 5) is 41.2. The largest absolute Gasteiger partial charge is 0.497 e. The van der Waals surface area contributed by atoms with Crippen molar-refractivity contribution in [3.05, 3.63) is 52.6 Å². The number of ether oxygens (including phenoxy) is 6. The summed E-state index contributed by atoms with van der Waals surface area (Å²) in [6.45, 7) is 5.46. The molecular formula is C35H42N2O9. The van der Waals surface area contributed by atoms with Crippen LogP contribution in [0.4, 0.5) is 5.69 Å². The number of rotatable bonds is 7. The maximum absolute atomic E-state index is 13.6. The van der Waals surface area contributed by atoms with E-state index in [0.717, 1.165) is 43.9 Å². The minimum absolute atomic E-state index is 0.0110. The normalized spacial score (nSPS) is 26.7. The Morgan fingerprint density at radius 2 is 1.80 bits per heavy atom. The Labute approximate surface area is 269 Å². The molecule has 11 nitrogen and oxygen atoms in total. The van der Waals surface area contributed by atoms with Gasteiger partial charge in [-0.05, 0) is 79.0 Å². The summed E-state index contributed by atoms with van der Waals surface area (Å²) in [6.07, 6.45) is 0.929. The van der Waals surface area contributed by atoms with E-state index in [9.17, 15) is 14.4 Å². The molecule has 0 radical (unpaired) electrons. The fraction of sp³-hybridized carbons (Fsp3) is 0.514. The number of piperidine rings is 1. The lowest BCUT2D eigenvalue weighted by Gasteiger charge is -2.54. The Balaban J connectivity index is 1.27. The van der Waals surface area contributed by atoms with Gasteiger partial charge in [-0.25, -0.2) is 4.79 Å². The van der Waals surface area contributed by atoms with Crippen LogP contribution in [0.2, 0.25) is 0 Å². The Hall–Kier alpha value is -4.09. The zero-order valence-electron chi connectivity index (χ0n) is 27.2. The van der Waals surface area contributed by atoms with Gasteiger partial charge in [0.2, 0.25) is 0 Å². The Morgan fingerprint density at radius 3 is 2.50 bits per heavy atom. The fourth-order valence-corrected chi connectivity index (χ4v) is 8.12. The molecule has 2 aromatic carbocycles. The van der Waals surface area contributed by atoms with E-state index in [-0.39, 0.29) is 40.9 Å². The number of nitrogens with one attached hydrogen (secondary N) is 1. The van der Waals surface area contributed by atoms with Gasteiger partial charge in [0, 0.05) is 57.0 Å². The van der Waals surface area contributed by atoms with E-state index in [1.165, 1.54) is 43.9 Å². The van der Waals surface area contributed by atoms with E-state index in [0.29, 0.717) is 12.0 Å². The van der Waals surface area contributed by atoms with Crippen LogP contribution in [0.1, 0.15) is 47.7 Å². The van der Waals surface area contributed by atoms with Crippen molar-refractivity contribution in [1.29, 1.82) is 0 Å². The van der Waals surface area contributed by atoms with E-state index >= 15 is 0 Å². The molecule has 0 aromatic heterocycles. The molecule has 0 amide bonds. The second-order valence-corrected chi connectivity index (χ2v) is 12.5. The number of anilines is 1. The Morgan fingerprint density at radius 1 is 1.00 bits per heavy atom. The fourth-order valence-electron chi connectivity index (χ4n) is 8.12. The van der Waals surface area contributed by atoms with Gasteiger partial charge in [-0.15, -0.1) is 0 Å². The number of nitrogens with zero attached hydrogens (tertiary/aromatic N) is 1. The Bertz CT molecular complexity index is 1570. The third-order valence-corrected chi connectivity index (χ3v) is 10.1. The average molecular weight is 635 g/mol. The van der Waals surface area contributed by atoms with Crippen LogP contribution in [0.3, 0.4) is 0 Å². The molecule has 2 fully saturated rings. The lowest BCUT2D eigenvalue weighted by atomic mass is 9.63. The monoisotopic (exact) mass is 634 g/mol. The molecule has 1 aliphatic carbocycles. The molecule has 6 rings (SSSR count). The van der Waals surface area contributed by atoms with Gasteiger partial charge in [0.25, 0.3) is 0 Å². The summed E-state index contributed by atoms with van der Waals surface area (Å²) in [5.74, 6) is -0.616. The van der Waals surface area contributed by atoms with Crippen molar-refractivity contribution in [3.63, 3.8) is 0 Å². The van der Waals surface area contributed by atoms with Crippen molar-refractivity contribution in [3.8, 4) is 17.2 Å². The predicted molar refractivity (Wildman–Crippen MR) is 169 cm³/mol. The number of aryl methyl sites for hydroxylation is 1. The first-order chi connectivity index (χ1) is 22.2. The number of carbonyl (C=O) groups excluding carboxylic acids is 3. The molecule has 46 heavy (non-hydrogen) atoms. The predicted octanol–water partition coefficient (Wildman–Crippen LogP) is 4.26. The van der Waals surface area contributed by atoms with Gasteiger partial charge in [-0.3, -0.25) is 14.5 Å². The lowest BCUT2D eigenvalue weighted by Crippen LogP contribution is -2.60. The first-order valence-corrected chi connectivity index (χ1v) is 15.7. The SMILES string of the molecule is COC(=O)C1C2CC3C4=C(CCN3CC2CC(OC(=O)c2cc(C)c(OC(C)=O)c(OC)c2)C1OC)c1ccc(OC)cc1NC4. The summed E-state index contributed by atoms with van der Waals surface area (Å²) in [5, 5.41) is 3.60. The lowest BCUT2D eigenvalue weighted by molar-refractivity contribution is -0.175. The highest BCUT2D eigenvalue weighted by atomic mass is 16.6. The molecule has 0 bridgehead atoms. The van der Waals surface area contributed by atoms with Gasteiger partial charge < -0.3 is 33.7 Å². The second kappa shape index (κ2) is 13.0. The molecular weight excluding hydrogens is 592 g/mol. The zero-order valence-corrected chi connectivity index (χ0v) is 27.2. The summed E-state index contributed by atoms with van der Waals surface area (Å²) >= 11 is 0. The molecule has 0 spiro atoms. The summed E-state index contributed by atoms with van der Waals surface area (Å²) in [5.41, 5.74) is 5.85. The highest BCUT2D eigenvalue weighted by Crippen LogP contribution is 2.50. The molecule has 4 aliphatic rings. The molecule has 6 unspecified atom stereocenters. The van der Waals surface area contributed by atoms with E-state index in [1.807, 2.05) is 12.1 Å². The molecule has 6 atom stereocenters. The summed E-state index contributed by atoms with van der Waals surface area (Å²) in [7, 11) is 6.06. The molecule has 3 aliphatic heterocycles. The van der Waals surface area contributed by atoms with Crippen LogP contribution >= 0.6 is 0 Å². The maximum atomic E-state index is 13.6. The smallest absolute Gasteiger partial charge is 0.338 e. The molecule has 2 aromatic rings. The number of esters is 3. The molecule has 11 heteroatoms. The van der Waals surface area contributed by atoms with Crippen molar-refractivity contribution >= 4 is 29.2 Å². The number of hydrogen-bond donors (Lipinski definition) is 1. The standard InChI is InChI=1S/C35H42N2O9/c1-18-11-20(12-29(42-4)32(18)45-19(2)38)34(39)46-30-13-21-17-37-10-9-23-24-8-7-22(41-3)14-27(24)36-16-26(23)28(37)15-25(21)31(33(30)43-5)35(40)44-6/h7-8,11-12,14,21,25,28,30-31,33,36H,9-10,13,15-17H2,1-6H3. The van der Waals surface area contributed by atoms with Crippen LogP contribution in [-0.2, 0) is 23.8 Å². The van der Waals surface area contributed by atoms with Gasteiger partial charge in [-0.1, -0.05) is 0 Å². The average Bonchev–Trinajstić information content (AvgIpc) is 3.06. The van der Waals surface area contributed by atoms with Crippen molar-refractivity contribution in [2.24, 2.45) is 17.8 Å². The van der Waals surface area contributed by atoms with Gasteiger partial charge in [0.1, 0.15) is 18.0 Å². The number of fused-ring (bicyclic) bond motifs is 5. The van der Waals surface area contributed by atoms with Gasteiger partial charge in [0.05, 0.1) is 32.8 Å². The summed E-state index contributed by atoms with van der Waals surface area (Å²) < 4.78 is 33.6. The molecule has 1 saturated carbocycles. The second-order valence-electron chi connectivity index (χ2n) is 12.5. The molecule has 1 saturated heterocycles. The quantitative estimate of drug-likeness (QED) is 0.347. The molecule has 1 N–H and O–H groups in total. The highest BCUT2D eigenvalue weighted by Gasteiger charge is 2.54. The van der Waals surface area contributed by atoms with Crippen molar-refractivity contribution in [2.45, 2.75) is 51.4 Å². The first-order valence-electron chi connectivity index (χ1n) is 15.7. The minimum atomic E-state index is -0.678. The molecule has 3 heterocycles. The van der Waals surface area contributed by atoms with Crippen molar-refractivity contribution < 1.29 is 42.8 Å². The maximum Gasteiger partial charge on any atom is 0.338 e. The minimum Gasteiger partial charge on any atom is -0.497 e. The van der Waals surface area contributed by atoms with Crippen LogP contribution < -0.4 is 19.5 Å². The van der Waals surface area contributed by atoms with Crippen LogP contribution in [0.15, 0.2) is 35.9 Å². The Kier molecular flexibility index (Phi) is 8.98. The van der Waals surface area contributed by atoms with Crippen LogP contribution in [0.5, 0.6) is 17.2 Å². The topological polar surface area (TPSA) is 122 Å². The van der Waals surface area contributed by atoms with Crippen LogP contribution in [-0.4, -0.2) is 89.1 Å². The third-order valence-electron chi connectivity index (χ3n) is 10.1.